The second-order valence-electron chi connectivity index (χ2n) is 3.39. The summed E-state index contributed by atoms with van der Waals surface area (Å²) in [5.74, 6) is 0.462. The molecule has 0 aliphatic heterocycles. The lowest BCUT2D eigenvalue weighted by Crippen LogP contribution is -2.05. The highest BCUT2D eigenvalue weighted by molar-refractivity contribution is 9.09. The summed E-state index contributed by atoms with van der Waals surface area (Å²) >= 11 is 3.33. The fraction of sp³-hybridized carbons (Fsp3) is 0.500. The standard InChI is InChI=1S/C12H15BrF2O2/c1-2-16-10-6-5-9(4-3-7-13)8-11(10)17-12(14)15/h5-6,8,12H,2-4,7H2,1H3. The number of benzene rings is 1. The van der Waals surface area contributed by atoms with Gasteiger partial charge >= 0.3 is 6.61 Å². The van der Waals surface area contributed by atoms with E-state index in [1.165, 1.54) is 0 Å². The average molecular weight is 309 g/mol. The maximum absolute atomic E-state index is 12.2. The molecule has 0 atom stereocenters. The van der Waals surface area contributed by atoms with Crippen molar-refractivity contribution < 1.29 is 18.3 Å². The summed E-state index contributed by atoms with van der Waals surface area (Å²) < 4.78 is 34.2. The van der Waals surface area contributed by atoms with Crippen molar-refractivity contribution in [2.75, 3.05) is 11.9 Å². The zero-order valence-corrected chi connectivity index (χ0v) is 11.2. The highest BCUT2D eigenvalue weighted by Gasteiger charge is 2.11. The van der Waals surface area contributed by atoms with Crippen LogP contribution in [0.15, 0.2) is 18.2 Å². The van der Waals surface area contributed by atoms with Crippen LogP contribution in [0.2, 0.25) is 0 Å². The number of ether oxygens (including phenoxy) is 2. The Morgan fingerprint density at radius 1 is 1.29 bits per heavy atom. The number of aryl methyl sites for hydroxylation is 1. The van der Waals surface area contributed by atoms with Gasteiger partial charge in [0, 0.05) is 5.33 Å². The molecule has 0 fully saturated rings. The van der Waals surface area contributed by atoms with Crippen molar-refractivity contribution in [3.05, 3.63) is 23.8 Å². The number of hydrogen-bond donors (Lipinski definition) is 0. The second kappa shape index (κ2) is 7.48. The van der Waals surface area contributed by atoms with Gasteiger partial charge in [-0.3, -0.25) is 0 Å². The smallest absolute Gasteiger partial charge is 0.387 e. The van der Waals surface area contributed by atoms with Gasteiger partial charge in [-0.25, -0.2) is 0 Å². The zero-order valence-electron chi connectivity index (χ0n) is 9.59. The summed E-state index contributed by atoms with van der Waals surface area (Å²) in [6.07, 6.45) is 1.76. The Bertz CT molecular complexity index is 345. The molecule has 96 valence electrons. The lowest BCUT2D eigenvalue weighted by molar-refractivity contribution is -0.0514. The highest BCUT2D eigenvalue weighted by Crippen LogP contribution is 2.30. The first-order valence-corrected chi connectivity index (χ1v) is 6.56. The van der Waals surface area contributed by atoms with E-state index in [-0.39, 0.29) is 5.75 Å². The maximum atomic E-state index is 12.2. The zero-order chi connectivity index (χ0) is 12.7. The second-order valence-corrected chi connectivity index (χ2v) is 4.18. The van der Waals surface area contributed by atoms with Crippen LogP contribution >= 0.6 is 15.9 Å². The molecule has 0 heterocycles. The van der Waals surface area contributed by atoms with E-state index in [1.807, 2.05) is 6.07 Å². The third kappa shape index (κ3) is 4.89. The molecule has 0 aliphatic carbocycles. The Labute approximate surface area is 108 Å². The van der Waals surface area contributed by atoms with Crippen LogP contribution in [0.3, 0.4) is 0 Å². The molecular formula is C12H15BrF2O2. The molecule has 0 amide bonds. The number of hydrogen-bond acceptors (Lipinski definition) is 2. The van der Waals surface area contributed by atoms with Gasteiger partial charge in [-0.2, -0.15) is 8.78 Å². The summed E-state index contributed by atoms with van der Waals surface area (Å²) in [6, 6.07) is 5.15. The summed E-state index contributed by atoms with van der Waals surface area (Å²) in [6.45, 7) is -0.619. The Hall–Kier alpha value is -0.840. The quantitative estimate of drug-likeness (QED) is 0.708. The van der Waals surface area contributed by atoms with Gasteiger partial charge < -0.3 is 9.47 Å². The first-order chi connectivity index (χ1) is 8.17. The predicted molar refractivity (Wildman–Crippen MR) is 66.4 cm³/mol. The number of alkyl halides is 3. The molecule has 0 aromatic heterocycles. The van der Waals surface area contributed by atoms with E-state index in [0.29, 0.717) is 12.4 Å². The van der Waals surface area contributed by atoms with E-state index >= 15 is 0 Å². The Morgan fingerprint density at radius 3 is 2.65 bits per heavy atom. The van der Waals surface area contributed by atoms with Crippen LogP contribution < -0.4 is 9.47 Å². The predicted octanol–water partition coefficient (Wildman–Crippen LogP) is 4.01. The van der Waals surface area contributed by atoms with Gasteiger partial charge in [0.15, 0.2) is 11.5 Å². The minimum absolute atomic E-state index is 0.105. The van der Waals surface area contributed by atoms with Crippen LogP contribution in [-0.2, 0) is 6.42 Å². The molecule has 17 heavy (non-hydrogen) atoms. The largest absolute Gasteiger partial charge is 0.490 e. The van der Waals surface area contributed by atoms with Gasteiger partial charge in [-0.05, 0) is 37.5 Å². The number of rotatable bonds is 7. The fourth-order valence-corrected chi connectivity index (χ4v) is 1.72. The first kappa shape index (κ1) is 14.2. The lowest BCUT2D eigenvalue weighted by atomic mass is 10.1. The van der Waals surface area contributed by atoms with E-state index in [4.69, 9.17) is 4.74 Å². The molecule has 0 saturated carbocycles. The molecular weight excluding hydrogens is 294 g/mol. The Balaban J connectivity index is 2.84. The molecule has 0 N–H and O–H groups in total. The lowest BCUT2D eigenvalue weighted by Gasteiger charge is -2.12. The highest BCUT2D eigenvalue weighted by atomic mass is 79.9. The van der Waals surface area contributed by atoms with Crippen LogP contribution in [0.25, 0.3) is 0 Å². The van der Waals surface area contributed by atoms with Gasteiger partial charge in [0.05, 0.1) is 6.61 Å². The van der Waals surface area contributed by atoms with Crippen molar-refractivity contribution >= 4 is 15.9 Å². The van der Waals surface area contributed by atoms with Crippen LogP contribution in [-0.4, -0.2) is 18.5 Å². The molecule has 1 aromatic rings. The molecule has 0 bridgehead atoms. The first-order valence-electron chi connectivity index (χ1n) is 5.44. The number of halogens is 3. The summed E-state index contributed by atoms with van der Waals surface area (Å²) in [5.41, 5.74) is 0.962. The van der Waals surface area contributed by atoms with E-state index in [2.05, 4.69) is 20.7 Å². The van der Waals surface area contributed by atoms with Crippen molar-refractivity contribution in [1.82, 2.24) is 0 Å². The van der Waals surface area contributed by atoms with Crippen molar-refractivity contribution in [2.45, 2.75) is 26.4 Å². The van der Waals surface area contributed by atoms with Gasteiger partial charge in [0.2, 0.25) is 0 Å². The van der Waals surface area contributed by atoms with Crippen LogP contribution in [0, 0.1) is 0 Å². The Kier molecular flexibility index (Phi) is 6.26. The van der Waals surface area contributed by atoms with Crippen LogP contribution in [0.1, 0.15) is 18.9 Å². The van der Waals surface area contributed by atoms with Gasteiger partial charge in [-0.15, -0.1) is 0 Å². The summed E-state index contributed by atoms with van der Waals surface area (Å²) in [7, 11) is 0. The van der Waals surface area contributed by atoms with Crippen molar-refractivity contribution in [1.29, 1.82) is 0 Å². The van der Waals surface area contributed by atoms with E-state index in [9.17, 15) is 8.78 Å². The van der Waals surface area contributed by atoms with E-state index in [1.54, 1.807) is 19.1 Å². The molecule has 1 rings (SSSR count). The molecule has 0 aliphatic rings. The monoisotopic (exact) mass is 308 g/mol. The molecule has 0 saturated heterocycles. The molecule has 0 unspecified atom stereocenters. The van der Waals surface area contributed by atoms with Crippen LogP contribution in [0.4, 0.5) is 8.78 Å². The Morgan fingerprint density at radius 2 is 2.06 bits per heavy atom. The molecule has 0 spiro atoms. The molecule has 5 heteroatoms. The molecule has 2 nitrogen and oxygen atoms in total. The van der Waals surface area contributed by atoms with Gasteiger partial charge in [0.1, 0.15) is 0 Å². The summed E-state index contributed by atoms with van der Waals surface area (Å²) in [4.78, 5) is 0. The van der Waals surface area contributed by atoms with E-state index < -0.39 is 6.61 Å². The maximum Gasteiger partial charge on any atom is 0.387 e. The van der Waals surface area contributed by atoms with Gasteiger partial charge in [-0.1, -0.05) is 22.0 Å². The van der Waals surface area contributed by atoms with Crippen molar-refractivity contribution in [2.24, 2.45) is 0 Å². The normalized spacial score (nSPS) is 10.6. The molecule has 1 aromatic carbocycles. The van der Waals surface area contributed by atoms with Crippen molar-refractivity contribution in [3.63, 3.8) is 0 Å². The van der Waals surface area contributed by atoms with Gasteiger partial charge in [0.25, 0.3) is 0 Å². The van der Waals surface area contributed by atoms with Crippen molar-refractivity contribution in [3.8, 4) is 11.5 Å². The van der Waals surface area contributed by atoms with E-state index in [0.717, 1.165) is 23.7 Å². The SMILES string of the molecule is CCOc1ccc(CCCBr)cc1OC(F)F. The summed E-state index contributed by atoms with van der Waals surface area (Å²) in [5, 5.41) is 0.880. The topological polar surface area (TPSA) is 18.5 Å². The average Bonchev–Trinajstić information content (AvgIpc) is 2.29. The third-order valence-corrected chi connectivity index (χ3v) is 2.68. The fourth-order valence-electron chi connectivity index (χ4n) is 1.44. The third-order valence-electron chi connectivity index (χ3n) is 2.12. The molecule has 0 radical (unpaired) electrons. The van der Waals surface area contributed by atoms with Crippen LogP contribution in [0.5, 0.6) is 11.5 Å². The minimum Gasteiger partial charge on any atom is -0.490 e. The minimum atomic E-state index is -2.83.